The van der Waals surface area contributed by atoms with Crippen molar-refractivity contribution in [3.63, 3.8) is 0 Å². The van der Waals surface area contributed by atoms with Gasteiger partial charge in [-0.1, -0.05) is 20.8 Å². The quantitative estimate of drug-likeness (QED) is 0.522. The Morgan fingerprint density at radius 2 is 1.73 bits per heavy atom. The third-order valence-electron chi connectivity index (χ3n) is 1.81. The fourth-order valence-electron chi connectivity index (χ4n) is 1.85. The molecule has 0 heterocycles. The lowest BCUT2D eigenvalue weighted by Crippen LogP contribution is -2.32. The summed E-state index contributed by atoms with van der Waals surface area (Å²) in [4.78, 5) is 21.4. The number of ether oxygens (including phenoxy) is 1. The predicted molar refractivity (Wildman–Crippen MR) is 59.5 cm³/mol. The second-order valence-electron chi connectivity index (χ2n) is 5.68. The number of esters is 1. The second kappa shape index (κ2) is 5.29. The summed E-state index contributed by atoms with van der Waals surface area (Å²) in [6.07, 6.45) is 1.95. The van der Waals surface area contributed by atoms with Crippen LogP contribution in [-0.2, 0) is 14.3 Å². The summed E-state index contributed by atoms with van der Waals surface area (Å²) in [6.45, 7) is 10.1. The molecular formula is C12H22O3. The lowest BCUT2D eigenvalue weighted by atomic mass is 9.83. The average molecular weight is 214 g/mol. The van der Waals surface area contributed by atoms with Gasteiger partial charge in [-0.2, -0.15) is 0 Å². The predicted octanol–water partition coefficient (Wildman–Crippen LogP) is 2.72. The van der Waals surface area contributed by atoms with Gasteiger partial charge >= 0.3 is 5.97 Å². The second-order valence-corrected chi connectivity index (χ2v) is 5.68. The van der Waals surface area contributed by atoms with Gasteiger partial charge in [-0.3, -0.25) is 4.79 Å². The van der Waals surface area contributed by atoms with E-state index in [4.69, 9.17) is 4.74 Å². The van der Waals surface area contributed by atoms with Crippen LogP contribution >= 0.6 is 0 Å². The van der Waals surface area contributed by atoms with Gasteiger partial charge in [0.2, 0.25) is 0 Å². The lowest BCUT2D eigenvalue weighted by Gasteiger charge is -2.32. The Morgan fingerprint density at radius 3 is 2.13 bits per heavy atom. The molecule has 3 heteroatoms. The summed E-state index contributed by atoms with van der Waals surface area (Å²) in [6, 6.07) is 0. The van der Waals surface area contributed by atoms with Crippen LogP contribution in [0.1, 0.15) is 53.9 Å². The Kier molecular flexibility index (Phi) is 4.98. The van der Waals surface area contributed by atoms with Crippen molar-refractivity contribution in [1.82, 2.24) is 0 Å². The Hall–Kier alpha value is -0.860. The fourth-order valence-corrected chi connectivity index (χ4v) is 1.85. The van der Waals surface area contributed by atoms with Gasteiger partial charge in [-0.15, -0.1) is 0 Å². The molecule has 0 spiro atoms. The molecule has 0 rings (SSSR count). The van der Waals surface area contributed by atoms with E-state index in [9.17, 15) is 9.59 Å². The molecule has 88 valence electrons. The number of rotatable bonds is 5. The Bertz CT molecular complexity index is 224. The van der Waals surface area contributed by atoms with Crippen molar-refractivity contribution in [2.24, 2.45) is 5.41 Å². The highest BCUT2D eigenvalue weighted by Gasteiger charge is 2.28. The zero-order valence-electron chi connectivity index (χ0n) is 10.4. The largest absolute Gasteiger partial charge is 0.460 e. The van der Waals surface area contributed by atoms with Crippen molar-refractivity contribution in [3.8, 4) is 0 Å². The summed E-state index contributed by atoms with van der Waals surface area (Å²) in [7, 11) is 0. The van der Waals surface area contributed by atoms with Gasteiger partial charge in [-0.05, 0) is 25.7 Å². The van der Waals surface area contributed by atoms with Crippen LogP contribution in [0.4, 0.5) is 0 Å². The number of carbonyl (C=O) groups excluding carboxylic acids is 2. The first-order valence-electron chi connectivity index (χ1n) is 5.32. The van der Waals surface area contributed by atoms with Gasteiger partial charge in [0.15, 0.2) is 0 Å². The minimum absolute atomic E-state index is 0.119. The summed E-state index contributed by atoms with van der Waals surface area (Å²) in [5, 5.41) is 0. The highest BCUT2D eigenvalue weighted by molar-refractivity contribution is 5.72. The van der Waals surface area contributed by atoms with Crippen LogP contribution in [-0.4, -0.2) is 17.9 Å². The van der Waals surface area contributed by atoms with E-state index >= 15 is 0 Å². The first-order valence-corrected chi connectivity index (χ1v) is 5.32. The number of hydrogen-bond acceptors (Lipinski definition) is 3. The van der Waals surface area contributed by atoms with Crippen molar-refractivity contribution in [1.29, 1.82) is 0 Å². The van der Waals surface area contributed by atoms with Gasteiger partial charge in [0.25, 0.3) is 0 Å². The maximum Gasteiger partial charge on any atom is 0.306 e. The maximum absolute atomic E-state index is 11.3. The summed E-state index contributed by atoms with van der Waals surface area (Å²) in [5.41, 5.74) is -0.341. The highest BCUT2D eigenvalue weighted by Crippen LogP contribution is 2.29. The molecule has 15 heavy (non-hydrogen) atoms. The van der Waals surface area contributed by atoms with Crippen LogP contribution in [0.3, 0.4) is 0 Å². The van der Waals surface area contributed by atoms with Crippen LogP contribution < -0.4 is 0 Å². The molecule has 0 atom stereocenters. The molecule has 0 unspecified atom stereocenters. The van der Waals surface area contributed by atoms with Gasteiger partial charge < -0.3 is 9.53 Å². The molecule has 0 bridgehead atoms. The van der Waals surface area contributed by atoms with Crippen LogP contribution in [0.25, 0.3) is 0 Å². The molecular weight excluding hydrogens is 192 g/mol. The smallest absolute Gasteiger partial charge is 0.306 e. The van der Waals surface area contributed by atoms with E-state index in [2.05, 4.69) is 20.8 Å². The minimum atomic E-state index is -0.460. The average Bonchev–Trinajstić information content (AvgIpc) is 1.94. The zero-order chi connectivity index (χ0) is 12.1. The van der Waals surface area contributed by atoms with Crippen molar-refractivity contribution in [2.75, 3.05) is 0 Å². The number of hydrogen-bond donors (Lipinski definition) is 0. The Labute approximate surface area is 92.2 Å². The van der Waals surface area contributed by atoms with Crippen LogP contribution in [0.15, 0.2) is 0 Å². The first kappa shape index (κ1) is 14.1. The van der Waals surface area contributed by atoms with E-state index < -0.39 is 5.60 Å². The molecule has 0 N–H and O–H groups in total. The van der Waals surface area contributed by atoms with Gasteiger partial charge in [0, 0.05) is 6.42 Å². The normalized spacial score (nSPS) is 12.3. The van der Waals surface area contributed by atoms with E-state index in [0.29, 0.717) is 0 Å². The molecule has 0 fully saturated rings. The van der Waals surface area contributed by atoms with Crippen molar-refractivity contribution in [3.05, 3.63) is 0 Å². The molecule has 0 aromatic heterocycles. The lowest BCUT2D eigenvalue weighted by molar-refractivity contribution is -0.159. The summed E-state index contributed by atoms with van der Waals surface area (Å²) in [5.74, 6) is -0.295. The van der Waals surface area contributed by atoms with E-state index in [0.717, 1.165) is 12.7 Å². The number of aldehydes is 1. The van der Waals surface area contributed by atoms with Gasteiger partial charge in [0.1, 0.15) is 11.9 Å². The van der Waals surface area contributed by atoms with Crippen molar-refractivity contribution >= 4 is 12.3 Å². The summed E-state index contributed by atoms with van der Waals surface area (Å²) < 4.78 is 5.32. The monoisotopic (exact) mass is 214 g/mol. The van der Waals surface area contributed by atoms with Gasteiger partial charge in [-0.25, -0.2) is 0 Å². The van der Waals surface area contributed by atoms with Crippen molar-refractivity contribution in [2.45, 2.75) is 59.5 Å². The van der Waals surface area contributed by atoms with E-state index in [1.807, 2.05) is 13.8 Å². The van der Waals surface area contributed by atoms with Gasteiger partial charge in [0.05, 0.1) is 6.42 Å². The molecule has 0 aliphatic rings. The van der Waals surface area contributed by atoms with E-state index in [-0.39, 0.29) is 24.2 Å². The Balaban J connectivity index is 4.13. The molecule has 0 radical (unpaired) electrons. The Morgan fingerprint density at radius 1 is 1.20 bits per heavy atom. The SMILES string of the molecule is CC(C)(C)CC(C)(C)OC(=O)CCC=O. The molecule has 0 saturated carbocycles. The maximum atomic E-state index is 11.3. The minimum Gasteiger partial charge on any atom is -0.460 e. The molecule has 0 aromatic rings. The number of carbonyl (C=O) groups is 2. The molecule has 0 aliphatic carbocycles. The third kappa shape index (κ3) is 8.16. The molecule has 0 saturated heterocycles. The van der Waals surface area contributed by atoms with Crippen LogP contribution in [0.2, 0.25) is 0 Å². The standard InChI is InChI=1S/C12H22O3/c1-11(2,3)9-12(4,5)15-10(14)7-6-8-13/h8H,6-7,9H2,1-5H3. The fraction of sp³-hybridized carbons (Fsp3) is 0.833. The third-order valence-corrected chi connectivity index (χ3v) is 1.81. The zero-order valence-corrected chi connectivity index (χ0v) is 10.4. The molecule has 3 nitrogen and oxygen atoms in total. The topological polar surface area (TPSA) is 43.4 Å². The first-order chi connectivity index (χ1) is 6.66. The molecule has 0 amide bonds. The van der Waals surface area contributed by atoms with E-state index in [1.54, 1.807) is 0 Å². The summed E-state index contributed by atoms with van der Waals surface area (Å²) >= 11 is 0. The molecule has 0 aliphatic heterocycles. The van der Waals surface area contributed by atoms with Crippen LogP contribution in [0, 0.1) is 5.41 Å². The van der Waals surface area contributed by atoms with E-state index in [1.165, 1.54) is 0 Å². The highest BCUT2D eigenvalue weighted by atomic mass is 16.6. The van der Waals surface area contributed by atoms with Crippen LogP contribution in [0.5, 0.6) is 0 Å². The van der Waals surface area contributed by atoms with Crippen molar-refractivity contribution < 1.29 is 14.3 Å². The molecule has 0 aromatic carbocycles.